The molecule has 1 aliphatic rings. The minimum atomic E-state index is -4.55. The van der Waals surface area contributed by atoms with E-state index in [1.807, 2.05) is 12.1 Å². The molecule has 2 N–H and O–H groups in total. The van der Waals surface area contributed by atoms with Crippen LogP contribution in [0.4, 0.5) is 0 Å². The number of aromatic nitrogens is 1. The quantitative estimate of drug-likeness (QED) is 0.697. The number of phosphoric acid groups is 1. The molecule has 4 rings (SSSR count). The lowest BCUT2D eigenvalue weighted by molar-refractivity contribution is 0.283. The molecule has 0 fully saturated rings. The van der Waals surface area contributed by atoms with Crippen LogP contribution in [0.2, 0.25) is 0 Å². The van der Waals surface area contributed by atoms with E-state index >= 15 is 0 Å². The minimum Gasteiger partial charge on any atom is -0.404 e. The summed E-state index contributed by atoms with van der Waals surface area (Å²) in [4.78, 5) is 17.9. The van der Waals surface area contributed by atoms with Crippen molar-refractivity contribution in [2.45, 2.75) is 20.3 Å². The summed E-state index contributed by atoms with van der Waals surface area (Å²) in [7, 11) is -4.55. The first-order valence-corrected chi connectivity index (χ1v) is 10.0. The Morgan fingerprint density at radius 1 is 1.15 bits per heavy atom. The van der Waals surface area contributed by atoms with Crippen LogP contribution in [0.3, 0.4) is 0 Å². The van der Waals surface area contributed by atoms with Gasteiger partial charge in [-0.2, -0.15) is 0 Å². The highest BCUT2D eigenvalue weighted by molar-refractivity contribution is 7.46. The van der Waals surface area contributed by atoms with Crippen molar-refractivity contribution in [3.63, 3.8) is 0 Å². The number of phosphoric ester groups is 1. The summed E-state index contributed by atoms with van der Waals surface area (Å²) in [6, 6.07) is 13.2. The van der Waals surface area contributed by atoms with Crippen LogP contribution in [0.15, 0.2) is 42.5 Å². The van der Waals surface area contributed by atoms with Gasteiger partial charge in [0, 0.05) is 21.6 Å². The van der Waals surface area contributed by atoms with E-state index in [-0.39, 0.29) is 5.75 Å². The minimum absolute atomic E-state index is 0.146. The van der Waals surface area contributed by atoms with E-state index in [0.29, 0.717) is 5.92 Å². The maximum absolute atomic E-state index is 11.0. The number of rotatable bonds is 3. The van der Waals surface area contributed by atoms with Crippen molar-refractivity contribution >= 4 is 30.9 Å². The zero-order valence-electron chi connectivity index (χ0n) is 14.6. The molecule has 1 unspecified atom stereocenters. The molecule has 1 heterocycles. The summed E-state index contributed by atoms with van der Waals surface area (Å²) >= 11 is 0. The molecule has 1 aromatic heterocycles. The largest absolute Gasteiger partial charge is 0.524 e. The topological polar surface area (TPSA) is 71.7 Å². The van der Waals surface area contributed by atoms with Gasteiger partial charge in [-0.15, -0.1) is 0 Å². The van der Waals surface area contributed by atoms with E-state index in [1.165, 1.54) is 16.2 Å². The van der Waals surface area contributed by atoms with Crippen LogP contribution in [0.25, 0.3) is 28.7 Å². The summed E-state index contributed by atoms with van der Waals surface area (Å²) in [5.41, 5.74) is 3.26. The maximum atomic E-state index is 11.0. The smallest absolute Gasteiger partial charge is 0.404 e. The van der Waals surface area contributed by atoms with E-state index in [2.05, 4.69) is 53.3 Å². The Balaban J connectivity index is 1.93. The molecule has 1 atom stereocenters. The lowest BCUT2D eigenvalue weighted by Gasteiger charge is -2.11. The van der Waals surface area contributed by atoms with E-state index in [4.69, 9.17) is 9.79 Å². The molecule has 0 spiro atoms. The second kappa shape index (κ2) is 6.13. The van der Waals surface area contributed by atoms with Crippen LogP contribution >= 0.6 is 7.82 Å². The molecule has 6 heteroatoms. The zero-order valence-corrected chi connectivity index (χ0v) is 15.5. The fourth-order valence-electron chi connectivity index (χ4n) is 3.55. The van der Waals surface area contributed by atoms with Gasteiger partial charge in [-0.3, -0.25) is 9.79 Å². The predicted molar refractivity (Wildman–Crippen MR) is 103 cm³/mol. The van der Waals surface area contributed by atoms with Crippen molar-refractivity contribution in [3.8, 4) is 11.4 Å². The molecular formula is C20H20NO4P. The van der Waals surface area contributed by atoms with Crippen LogP contribution in [0, 0.1) is 12.8 Å². The van der Waals surface area contributed by atoms with Crippen LogP contribution in [-0.2, 0) is 4.57 Å². The van der Waals surface area contributed by atoms with Crippen molar-refractivity contribution in [1.82, 2.24) is 4.57 Å². The van der Waals surface area contributed by atoms with Gasteiger partial charge in [0.2, 0.25) is 0 Å². The summed E-state index contributed by atoms with van der Waals surface area (Å²) in [5.74, 6) is 0.647. The molecule has 26 heavy (non-hydrogen) atoms. The average molecular weight is 369 g/mol. The van der Waals surface area contributed by atoms with Crippen LogP contribution in [0.1, 0.15) is 18.9 Å². The highest BCUT2D eigenvalue weighted by Crippen LogP contribution is 2.37. The Labute approximate surface area is 151 Å². The van der Waals surface area contributed by atoms with Gasteiger partial charge in [0.1, 0.15) is 5.75 Å². The Bertz CT molecular complexity index is 1160. The van der Waals surface area contributed by atoms with Gasteiger partial charge in [0.25, 0.3) is 0 Å². The number of fused-ring (bicyclic) bond motifs is 3. The number of hydrogen-bond donors (Lipinski definition) is 2. The van der Waals surface area contributed by atoms with Crippen LogP contribution < -0.4 is 15.1 Å². The third-order valence-electron chi connectivity index (χ3n) is 4.65. The average Bonchev–Trinajstić information content (AvgIpc) is 2.87. The highest BCUT2D eigenvalue weighted by Gasteiger charge is 2.17. The van der Waals surface area contributed by atoms with Gasteiger partial charge in [-0.25, -0.2) is 4.57 Å². The molecule has 134 valence electrons. The second-order valence-corrected chi connectivity index (χ2v) is 7.98. The van der Waals surface area contributed by atoms with Crippen LogP contribution in [0.5, 0.6) is 5.75 Å². The molecular weight excluding hydrogens is 349 g/mol. The van der Waals surface area contributed by atoms with E-state index < -0.39 is 7.82 Å². The standard InChI is InChI=1S/C20H20NO4P/c1-13-3-9-19-17(11-13)18-12-14(2)4-10-20(18)21(19)15-5-7-16(8-6-15)25-26(22,23)24/h3,5-12,14H,4H2,1-2H3,(H2,22,23,24). The van der Waals surface area contributed by atoms with Crippen molar-refractivity contribution < 1.29 is 18.9 Å². The summed E-state index contributed by atoms with van der Waals surface area (Å²) in [5, 5.41) is 3.63. The molecule has 5 nitrogen and oxygen atoms in total. The van der Waals surface area contributed by atoms with Gasteiger partial charge < -0.3 is 9.09 Å². The molecule has 0 aliphatic heterocycles. The molecule has 0 amide bonds. The number of hydrogen-bond acceptors (Lipinski definition) is 2. The fourth-order valence-corrected chi connectivity index (χ4v) is 3.94. The van der Waals surface area contributed by atoms with Crippen molar-refractivity contribution in [1.29, 1.82) is 0 Å². The molecule has 0 radical (unpaired) electrons. The Morgan fingerprint density at radius 2 is 1.88 bits per heavy atom. The second-order valence-electron chi connectivity index (χ2n) is 6.81. The van der Waals surface area contributed by atoms with Crippen LogP contribution in [-0.4, -0.2) is 14.4 Å². The number of nitrogens with zero attached hydrogens (tertiary/aromatic N) is 1. The fraction of sp³-hybridized carbons (Fsp3) is 0.200. The molecule has 0 saturated carbocycles. The number of benzene rings is 2. The van der Waals surface area contributed by atoms with E-state index in [9.17, 15) is 4.57 Å². The lowest BCUT2D eigenvalue weighted by Crippen LogP contribution is -2.31. The zero-order chi connectivity index (χ0) is 18.5. The molecule has 3 aromatic rings. The van der Waals surface area contributed by atoms with Crippen molar-refractivity contribution in [2.24, 2.45) is 5.92 Å². The van der Waals surface area contributed by atoms with Gasteiger partial charge in [0.05, 0.1) is 5.52 Å². The molecule has 0 saturated heterocycles. The normalized spacial score (nSPS) is 16.7. The van der Waals surface area contributed by atoms with Gasteiger partial charge in [-0.05, 0) is 55.7 Å². The van der Waals surface area contributed by atoms with E-state index in [1.54, 1.807) is 12.1 Å². The lowest BCUT2D eigenvalue weighted by atomic mass is 10.0. The Morgan fingerprint density at radius 3 is 2.58 bits per heavy atom. The van der Waals surface area contributed by atoms with E-state index in [0.717, 1.165) is 23.0 Å². The SMILES string of the molecule is Cc1ccc2c(c1)c1c(n2-c2ccc(OP(=O)(O)O)cc2)=CCC(C)C=1. The first-order valence-electron chi connectivity index (χ1n) is 8.50. The Hall–Kier alpha value is -2.33. The van der Waals surface area contributed by atoms with Crippen molar-refractivity contribution in [2.75, 3.05) is 0 Å². The maximum Gasteiger partial charge on any atom is 0.524 e. The summed E-state index contributed by atoms with van der Waals surface area (Å²) in [6.45, 7) is 4.31. The highest BCUT2D eigenvalue weighted by atomic mass is 31.2. The third kappa shape index (κ3) is 3.10. The molecule has 1 aliphatic carbocycles. The van der Waals surface area contributed by atoms with Gasteiger partial charge >= 0.3 is 7.82 Å². The van der Waals surface area contributed by atoms with Gasteiger partial charge in [-0.1, -0.05) is 30.7 Å². The van der Waals surface area contributed by atoms with Crippen molar-refractivity contribution in [3.05, 3.63) is 58.6 Å². The predicted octanol–water partition coefficient (Wildman–Crippen LogP) is 3.01. The summed E-state index contributed by atoms with van der Waals surface area (Å²) < 4.78 is 17.8. The summed E-state index contributed by atoms with van der Waals surface area (Å²) in [6.07, 6.45) is 5.57. The third-order valence-corrected chi connectivity index (χ3v) is 5.10. The monoisotopic (exact) mass is 369 g/mol. The molecule has 2 aromatic carbocycles. The molecule has 0 bridgehead atoms. The Kier molecular flexibility index (Phi) is 4.03. The van der Waals surface area contributed by atoms with Gasteiger partial charge in [0.15, 0.2) is 0 Å². The number of aryl methyl sites for hydroxylation is 1. The first kappa shape index (κ1) is 17.1. The first-order chi connectivity index (χ1) is 12.3.